The van der Waals surface area contributed by atoms with Crippen LogP contribution in [0.5, 0.6) is 0 Å². The smallest absolute Gasteiger partial charge is 0.235 e. The fourth-order valence-electron chi connectivity index (χ4n) is 3.53. The number of hydrogen-bond donors (Lipinski definition) is 0. The van der Waals surface area contributed by atoms with Crippen LogP contribution < -0.4 is 0 Å². The quantitative estimate of drug-likeness (QED) is 0.658. The molecular formula is C16H27N5O3S2. The molecule has 8 nitrogen and oxygen atoms in total. The maximum Gasteiger partial charge on any atom is 0.235 e. The number of aromatic nitrogens is 3. The van der Waals surface area contributed by atoms with E-state index >= 15 is 0 Å². The topological polar surface area (TPSA) is 88.4 Å². The van der Waals surface area contributed by atoms with E-state index in [1.165, 1.54) is 11.8 Å². The Morgan fingerprint density at radius 3 is 2.54 bits per heavy atom. The van der Waals surface area contributed by atoms with Crippen molar-refractivity contribution in [1.29, 1.82) is 0 Å². The van der Waals surface area contributed by atoms with Crippen molar-refractivity contribution < 1.29 is 13.2 Å². The molecule has 0 spiro atoms. The number of carbonyl (C=O) groups excluding carboxylic acids is 1. The normalized spacial score (nSPS) is 24.7. The molecule has 0 aliphatic carbocycles. The van der Waals surface area contributed by atoms with Gasteiger partial charge >= 0.3 is 0 Å². The van der Waals surface area contributed by atoms with Crippen molar-refractivity contribution in [3.63, 3.8) is 0 Å². The molecule has 0 bridgehead atoms. The minimum absolute atomic E-state index is 0.0972. The highest BCUT2D eigenvalue weighted by molar-refractivity contribution is 8.00. The van der Waals surface area contributed by atoms with Gasteiger partial charge in [-0.1, -0.05) is 18.7 Å². The lowest BCUT2D eigenvalue weighted by atomic mass is 10.1. The average molecular weight is 402 g/mol. The first-order valence-corrected chi connectivity index (χ1v) is 11.8. The first kappa shape index (κ1) is 19.6. The zero-order valence-electron chi connectivity index (χ0n) is 15.6. The van der Waals surface area contributed by atoms with Crippen LogP contribution in [0.15, 0.2) is 5.16 Å². The number of amides is 1. The van der Waals surface area contributed by atoms with E-state index in [-0.39, 0.29) is 28.6 Å². The number of rotatable bonds is 5. The van der Waals surface area contributed by atoms with Crippen molar-refractivity contribution in [2.75, 3.05) is 44.2 Å². The highest BCUT2D eigenvalue weighted by Gasteiger charge is 2.33. The van der Waals surface area contributed by atoms with Gasteiger partial charge in [0.05, 0.1) is 16.8 Å². The lowest BCUT2D eigenvalue weighted by Crippen LogP contribution is -2.50. The first-order valence-electron chi connectivity index (χ1n) is 9.08. The predicted molar refractivity (Wildman–Crippen MR) is 101 cm³/mol. The monoisotopic (exact) mass is 401 g/mol. The second-order valence-corrected chi connectivity index (χ2v) is 10.6. The molecule has 2 aliphatic rings. The van der Waals surface area contributed by atoms with Crippen LogP contribution in [-0.4, -0.2) is 88.4 Å². The molecule has 146 valence electrons. The second kappa shape index (κ2) is 7.85. The Hall–Kier alpha value is -1.13. The third-order valence-electron chi connectivity index (χ3n) is 5.23. The molecule has 0 N–H and O–H groups in total. The van der Waals surface area contributed by atoms with E-state index in [0.29, 0.717) is 17.4 Å². The SMILES string of the molecule is CCN1CCN(C(=O)[C@@H](C)Sc2nnc([C@@H]3CCS(=O)(=O)C3)n2C)CC1. The fraction of sp³-hybridized carbons (Fsp3) is 0.812. The largest absolute Gasteiger partial charge is 0.339 e. The highest BCUT2D eigenvalue weighted by Crippen LogP contribution is 2.30. The third-order valence-corrected chi connectivity index (χ3v) is 8.12. The minimum atomic E-state index is -2.96. The van der Waals surface area contributed by atoms with Crippen molar-refractivity contribution in [1.82, 2.24) is 24.6 Å². The zero-order valence-corrected chi connectivity index (χ0v) is 17.2. The van der Waals surface area contributed by atoms with Crippen LogP contribution >= 0.6 is 11.8 Å². The van der Waals surface area contributed by atoms with E-state index in [1.54, 1.807) is 0 Å². The lowest BCUT2D eigenvalue weighted by molar-refractivity contribution is -0.132. The molecule has 0 aromatic carbocycles. The van der Waals surface area contributed by atoms with Gasteiger partial charge in [0.25, 0.3) is 0 Å². The Balaban J connectivity index is 1.61. The first-order chi connectivity index (χ1) is 12.3. The summed E-state index contributed by atoms with van der Waals surface area (Å²) in [6.07, 6.45) is 0.592. The number of thioether (sulfide) groups is 1. The molecule has 0 unspecified atom stereocenters. The van der Waals surface area contributed by atoms with Crippen LogP contribution in [0.4, 0.5) is 0 Å². The molecule has 26 heavy (non-hydrogen) atoms. The molecule has 3 rings (SSSR count). The summed E-state index contributed by atoms with van der Waals surface area (Å²) < 4.78 is 25.2. The van der Waals surface area contributed by atoms with Gasteiger partial charge in [0.2, 0.25) is 5.91 Å². The summed E-state index contributed by atoms with van der Waals surface area (Å²) >= 11 is 1.39. The molecule has 10 heteroatoms. The van der Waals surface area contributed by atoms with Crippen LogP contribution in [0.1, 0.15) is 32.0 Å². The Labute approximate surface area is 159 Å². The van der Waals surface area contributed by atoms with E-state index in [4.69, 9.17) is 0 Å². The zero-order chi connectivity index (χ0) is 18.9. The number of likely N-dealkylation sites (N-methyl/N-ethyl adjacent to an activating group) is 1. The van der Waals surface area contributed by atoms with E-state index in [2.05, 4.69) is 22.0 Å². The van der Waals surface area contributed by atoms with Gasteiger partial charge in [0, 0.05) is 39.1 Å². The summed E-state index contributed by atoms with van der Waals surface area (Å²) in [6, 6.07) is 0. The van der Waals surface area contributed by atoms with Crippen LogP contribution in [-0.2, 0) is 21.7 Å². The van der Waals surface area contributed by atoms with Crippen LogP contribution in [0.3, 0.4) is 0 Å². The number of nitrogens with zero attached hydrogens (tertiary/aromatic N) is 5. The van der Waals surface area contributed by atoms with Gasteiger partial charge < -0.3 is 14.4 Å². The van der Waals surface area contributed by atoms with Gasteiger partial charge in [-0.05, 0) is 19.9 Å². The van der Waals surface area contributed by atoms with Gasteiger partial charge in [-0.3, -0.25) is 4.79 Å². The molecule has 3 heterocycles. The molecule has 2 atom stereocenters. The number of carbonyl (C=O) groups is 1. The highest BCUT2D eigenvalue weighted by atomic mass is 32.2. The van der Waals surface area contributed by atoms with Crippen molar-refractivity contribution in [2.24, 2.45) is 7.05 Å². The van der Waals surface area contributed by atoms with E-state index < -0.39 is 9.84 Å². The number of piperazine rings is 1. The van der Waals surface area contributed by atoms with Crippen molar-refractivity contribution in [3.05, 3.63) is 5.82 Å². The third kappa shape index (κ3) is 4.23. The van der Waals surface area contributed by atoms with Crippen LogP contribution in [0.2, 0.25) is 0 Å². The van der Waals surface area contributed by atoms with Crippen molar-refractivity contribution >= 4 is 27.5 Å². The summed E-state index contributed by atoms with van der Waals surface area (Å²) in [5.74, 6) is 1.08. The molecule has 1 aromatic heterocycles. The van der Waals surface area contributed by atoms with E-state index in [0.717, 1.165) is 32.7 Å². The molecule has 0 saturated carbocycles. The summed E-state index contributed by atoms with van der Waals surface area (Å²) in [7, 11) is -1.11. The van der Waals surface area contributed by atoms with E-state index in [1.807, 2.05) is 23.4 Å². The predicted octanol–water partition coefficient (Wildman–Crippen LogP) is 0.362. The summed E-state index contributed by atoms with van der Waals surface area (Å²) in [6.45, 7) is 8.42. The van der Waals surface area contributed by atoms with Gasteiger partial charge in [0.1, 0.15) is 5.82 Å². The standard InChI is InChI=1S/C16H27N5O3S2/c1-4-20-6-8-21(9-7-20)15(22)12(2)25-16-18-17-14(19(16)3)13-5-10-26(23,24)11-13/h12-13H,4-11H2,1-3H3/t12-,13-/m1/s1. The van der Waals surface area contributed by atoms with Crippen LogP contribution in [0.25, 0.3) is 0 Å². The van der Waals surface area contributed by atoms with Crippen LogP contribution in [0, 0.1) is 0 Å². The molecular weight excluding hydrogens is 374 g/mol. The number of sulfone groups is 1. The average Bonchev–Trinajstić information content (AvgIpc) is 3.16. The summed E-state index contributed by atoms with van der Waals surface area (Å²) in [5, 5.41) is 8.83. The Morgan fingerprint density at radius 2 is 1.96 bits per heavy atom. The Bertz CT molecular complexity index is 756. The molecule has 2 aliphatic heterocycles. The second-order valence-electron chi connectivity index (χ2n) is 7.02. The minimum Gasteiger partial charge on any atom is -0.339 e. The van der Waals surface area contributed by atoms with Crippen molar-refractivity contribution in [2.45, 2.75) is 36.6 Å². The molecule has 0 radical (unpaired) electrons. The van der Waals surface area contributed by atoms with E-state index in [9.17, 15) is 13.2 Å². The van der Waals surface area contributed by atoms with Gasteiger partial charge in [-0.15, -0.1) is 10.2 Å². The van der Waals surface area contributed by atoms with Gasteiger partial charge in [0.15, 0.2) is 15.0 Å². The maximum atomic E-state index is 12.7. The van der Waals surface area contributed by atoms with Gasteiger partial charge in [-0.2, -0.15) is 0 Å². The maximum absolute atomic E-state index is 12.7. The Morgan fingerprint density at radius 1 is 1.27 bits per heavy atom. The molecule has 1 amide bonds. The molecule has 1 aromatic rings. The summed E-state index contributed by atoms with van der Waals surface area (Å²) in [5.41, 5.74) is 0. The molecule has 2 fully saturated rings. The van der Waals surface area contributed by atoms with Crippen molar-refractivity contribution in [3.8, 4) is 0 Å². The Kier molecular flexibility index (Phi) is 5.93. The number of hydrogen-bond acceptors (Lipinski definition) is 7. The van der Waals surface area contributed by atoms with Gasteiger partial charge in [-0.25, -0.2) is 8.42 Å². The molecule has 2 saturated heterocycles. The fourth-order valence-corrected chi connectivity index (χ4v) is 6.18. The lowest BCUT2D eigenvalue weighted by Gasteiger charge is -2.35. The summed E-state index contributed by atoms with van der Waals surface area (Å²) in [4.78, 5) is 17.0.